The number of hydrogen-bond donors (Lipinski definition) is 1. The van der Waals surface area contributed by atoms with Gasteiger partial charge in [-0.3, -0.25) is 9.36 Å². The van der Waals surface area contributed by atoms with Gasteiger partial charge in [0.15, 0.2) is 4.77 Å². The Balaban J connectivity index is 2.08. The van der Waals surface area contributed by atoms with E-state index in [-0.39, 0.29) is 10.5 Å². The van der Waals surface area contributed by atoms with Gasteiger partial charge in [0.05, 0.1) is 23.5 Å². The number of benzene rings is 3. The molecule has 3 aromatic carbocycles. The number of hydrogen-bond acceptors (Lipinski definition) is 6. The van der Waals surface area contributed by atoms with Crippen LogP contribution in [0.4, 0.5) is 11.4 Å². The van der Waals surface area contributed by atoms with Gasteiger partial charge in [-0.1, -0.05) is 54.1 Å². The van der Waals surface area contributed by atoms with Crippen molar-refractivity contribution in [3.8, 4) is 23.0 Å². The molecule has 9 heteroatoms. The zero-order valence-corrected chi connectivity index (χ0v) is 19.3. The van der Waals surface area contributed by atoms with Gasteiger partial charge in [0.1, 0.15) is 11.4 Å². The maximum absolute atomic E-state index is 13.5. The summed E-state index contributed by atoms with van der Waals surface area (Å²) in [5.74, 6) is 0.00275. The summed E-state index contributed by atoms with van der Waals surface area (Å²) in [4.78, 5) is 13.5. The summed E-state index contributed by atoms with van der Waals surface area (Å²) in [5, 5.41) is 19.7. The lowest BCUT2D eigenvalue weighted by Gasteiger charge is -2.18. The van der Waals surface area contributed by atoms with Crippen molar-refractivity contribution in [2.45, 2.75) is 6.92 Å². The van der Waals surface area contributed by atoms with Gasteiger partial charge in [0.2, 0.25) is 11.6 Å². The van der Waals surface area contributed by atoms with E-state index in [0.717, 1.165) is 5.56 Å². The Bertz CT molecular complexity index is 1490. The van der Waals surface area contributed by atoms with E-state index < -0.39 is 11.4 Å². The third kappa shape index (κ3) is 4.18. The first-order chi connectivity index (χ1) is 15.9. The second-order valence-corrected chi connectivity index (χ2v) is 7.81. The smallest absolute Gasteiger partial charge is 0.290 e. The minimum absolute atomic E-state index is 0.0491. The van der Waals surface area contributed by atoms with E-state index in [1.807, 2.05) is 25.1 Å². The fraction of sp³-hybridized carbons (Fsp3) is 0.0833. The van der Waals surface area contributed by atoms with Crippen molar-refractivity contribution in [3.05, 3.63) is 98.5 Å². The first kappa shape index (κ1) is 22.4. The van der Waals surface area contributed by atoms with E-state index in [4.69, 9.17) is 28.6 Å². The molecule has 1 N–H and O–H groups in total. The Morgan fingerprint density at radius 3 is 2.24 bits per heavy atom. The molecule has 33 heavy (non-hydrogen) atoms. The average Bonchev–Trinajstić information content (AvgIpc) is 2.81. The number of methoxy groups -OCH3 is 1. The second-order valence-electron chi connectivity index (χ2n) is 7.04. The zero-order chi connectivity index (χ0) is 23.5. The Labute approximate surface area is 199 Å². The number of nitrogens with zero attached hydrogens (tertiary/aromatic N) is 4. The number of aromatic hydroxyl groups is 1. The molecule has 0 fully saturated rings. The van der Waals surface area contributed by atoms with Crippen LogP contribution < -0.4 is 10.3 Å². The normalized spacial score (nSPS) is 11.1. The third-order valence-electron chi connectivity index (χ3n) is 5.00. The molecule has 4 rings (SSSR count). The van der Waals surface area contributed by atoms with Crippen LogP contribution in [0.5, 0.6) is 11.6 Å². The Kier molecular flexibility index (Phi) is 6.39. The highest BCUT2D eigenvalue weighted by molar-refractivity contribution is 7.71. The topological polar surface area (TPSA) is 81.1 Å². The van der Waals surface area contributed by atoms with Crippen molar-refractivity contribution in [2.75, 3.05) is 7.11 Å². The van der Waals surface area contributed by atoms with Crippen LogP contribution in [-0.4, -0.2) is 21.4 Å². The van der Waals surface area contributed by atoms with Crippen molar-refractivity contribution in [1.82, 2.24) is 9.13 Å². The van der Waals surface area contributed by atoms with Gasteiger partial charge in [-0.15, -0.1) is 10.2 Å². The van der Waals surface area contributed by atoms with Crippen molar-refractivity contribution < 1.29 is 9.84 Å². The van der Waals surface area contributed by atoms with Crippen LogP contribution in [-0.2, 0) is 0 Å². The van der Waals surface area contributed by atoms with Gasteiger partial charge in [0.25, 0.3) is 5.56 Å². The van der Waals surface area contributed by atoms with E-state index >= 15 is 0 Å². The summed E-state index contributed by atoms with van der Waals surface area (Å²) >= 11 is 11.8. The van der Waals surface area contributed by atoms with E-state index in [1.54, 1.807) is 54.6 Å². The fourth-order valence-corrected chi connectivity index (χ4v) is 3.91. The molecule has 7 nitrogen and oxygen atoms in total. The number of para-hydroxylation sites is 3. The van der Waals surface area contributed by atoms with E-state index in [9.17, 15) is 9.90 Å². The molecule has 0 radical (unpaired) electrons. The highest BCUT2D eigenvalue weighted by Crippen LogP contribution is 2.32. The minimum Gasteiger partial charge on any atom is -0.495 e. The molecule has 1 aromatic heterocycles. The first-order valence-corrected chi connectivity index (χ1v) is 10.7. The van der Waals surface area contributed by atoms with Crippen molar-refractivity contribution >= 4 is 35.2 Å². The SMILES string of the molecule is COc1ccccc1-n1c(=O)c(N=Nc2ccccc2Cl)c(O)n(-c2ccccc2C)c1=S. The lowest BCUT2D eigenvalue weighted by atomic mass is 10.2. The quantitative estimate of drug-likeness (QED) is 0.264. The molecule has 0 saturated heterocycles. The van der Waals surface area contributed by atoms with Gasteiger partial charge < -0.3 is 9.84 Å². The molecule has 166 valence electrons. The summed E-state index contributed by atoms with van der Waals surface area (Å²) in [6.45, 7) is 1.88. The number of aryl methyl sites for hydroxylation is 1. The molecule has 0 bridgehead atoms. The number of aromatic nitrogens is 2. The molecule has 0 amide bonds. The molecule has 0 aliphatic carbocycles. The minimum atomic E-state index is -0.650. The Morgan fingerprint density at radius 1 is 0.909 bits per heavy atom. The molecule has 4 aromatic rings. The number of azo groups is 1. The molecule has 0 atom stereocenters. The van der Waals surface area contributed by atoms with Gasteiger partial charge in [-0.25, -0.2) is 4.57 Å². The summed E-state index contributed by atoms with van der Waals surface area (Å²) in [5.41, 5.74) is 1.25. The average molecular weight is 479 g/mol. The van der Waals surface area contributed by atoms with Crippen molar-refractivity contribution in [2.24, 2.45) is 10.2 Å². The van der Waals surface area contributed by atoms with Crippen molar-refractivity contribution in [3.63, 3.8) is 0 Å². The lowest BCUT2D eigenvalue weighted by Crippen LogP contribution is -2.23. The largest absolute Gasteiger partial charge is 0.495 e. The number of ether oxygens (including phenoxy) is 1. The fourth-order valence-electron chi connectivity index (χ4n) is 3.37. The predicted molar refractivity (Wildman–Crippen MR) is 131 cm³/mol. The number of rotatable bonds is 5. The maximum Gasteiger partial charge on any atom is 0.290 e. The van der Waals surface area contributed by atoms with Crippen molar-refractivity contribution in [1.29, 1.82) is 0 Å². The molecular weight excluding hydrogens is 460 g/mol. The second kappa shape index (κ2) is 9.40. The monoisotopic (exact) mass is 478 g/mol. The summed E-state index contributed by atoms with van der Waals surface area (Å²) < 4.78 is 8.15. The lowest BCUT2D eigenvalue weighted by molar-refractivity contribution is 0.410. The summed E-state index contributed by atoms with van der Waals surface area (Å²) in [6, 6.07) is 21.1. The predicted octanol–water partition coefficient (Wildman–Crippen LogP) is 6.45. The van der Waals surface area contributed by atoms with E-state index in [2.05, 4.69) is 10.2 Å². The third-order valence-corrected chi connectivity index (χ3v) is 5.69. The molecule has 0 saturated carbocycles. The van der Waals surface area contributed by atoms with Gasteiger partial charge in [-0.2, -0.15) is 0 Å². The molecule has 0 aliphatic rings. The van der Waals surface area contributed by atoms with E-state index in [0.29, 0.717) is 27.8 Å². The standard InChI is InChI=1S/C24H19ClN4O3S/c1-15-9-3-6-12-18(15)28-22(30)21(27-26-17-11-5-4-10-16(17)25)23(31)29(24(28)33)19-13-7-8-14-20(19)32-2/h3-14,30H,1-2H3. The van der Waals surface area contributed by atoms with Crippen LogP contribution in [0.2, 0.25) is 5.02 Å². The van der Waals surface area contributed by atoms with Gasteiger partial charge in [-0.05, 0) is 55.0 Å². The molecule has 0 spiro atoms. The molecule has 0 unspecified atom stereocenters. The Hall–Kier alpha value is -3.75. The van der Waals surface area contributed by atoms with Crippen LogP contribution in [0.25, 0.3) is 11.4 Å². The summed E-state index contributed by atoms with van der Waals surface area (Å²) in [6.07, 6.45) is 0. The highest BCUT2D eigenvalue weighted by atomic mass is 35.5. The molecule has 0 aliphatic heterocycles. The van der Waals surface area contributed by atoms with Crippen LogP contribution in [0.3, 0.4) is 0 Å². The van der Waals surface area contributed by atoms with Crippen LogP contribution in [0, 0.1) is 11.7 Å². The zero-order valence-electron chi connectivity index (χ0n) is 17.8. The first-order valence-electron chi connectivity index (χ1n) is 9.90. The van der Waals surface area contributed by atoms with Gasteiger partial charge >= 0.3 is 0 Å². The van der Waals surface area contributed by atoms with Crippen LogP contribution in [0.15, 0.2) is 87.8 Å². The van der Waals surface area contributed by atoms with Crippen LogP contribution in [0.1, 0.15) is 5.56 Å². The molecular formula is C24H19ClN4O3S. The summed E-state index contributed by atoms with van der Waals surface area (Å²) in [7, 11) is 1.50. The van der Waals surface area contributed by atoms with Gasteiger partial charge in [0, 0.05) is 0 Å². The molecule has 1 heterocycles. The van der Waals surface area contributed by atoms with Crippen LogP contribution >= 0.6 is 23.8 Å². The highest BCUT2D eigenvalue weighted by Gasteiger charge is 2.21. The Morgan fingerprint density at radius 2 is 1.55 bits per heavy atom. The maximum atomic E-state index is 13.5. The number of halogens is 1. The van der Waals surface area contributed by atoms with E-state index in [1.165, 1.54) is 16.2 Å².